The van der Waals surface area contributed by atoms with Crippen molar-refractivity contribution in [2.45, 2.75) is 6.42 Å². The molecule has 0 fully saturated rings. The first-order valence-corrected chi connectivity index (χ1v) is 3.05. The third-order valence-electron chi connectivity index (χ3n) is 1.15. The molecule has 1 aromatic heterocycles. The third kappa shape index (κ3) is 1.90. The van der Waals surface area contributed by atoms with Gasteiger partial charge in [0.05, 0.1) is 12.5 Å². The van der Waals surface area contributed by atoms with Crippen molar-refractivity contribution in [2.75, 3.05) is 0 Å². The highest BCUT2D eigenvalue weighted by molar-refractivity contribution is 5.64. The van der Waals surface area contributed by atoms with Crippen molar-refractivity contribution >= 4 is 6.29 Å². The minimum Gasteiger partial charge on any atom is -0.472 e. The van der Waals surface area contributed by atoms with Crippen LogP contribution in [0.15, 0.2) is 35.2 Å². The van der Waals surface area contributed by atoms with E-state index in [1.165, 1.54) is 6.08 Å². The van der Waals surface area contributed by atoms with Crippen molar-refractivity contribution in [1.82, 2.24) is 0 Å². The number of rotatable bonds is 3. The molecule has 0 aromatic carbocycles. The minimum atomic E-state index is 0.759. The summed E-state index contributed by atoms with van der Waals surface area (Å²) in [6, 6.07) is 1.87. The molecule has 0 radical (unpaired) electrons. The van der Waals surface area contributed by atoms with Crippen LogP contribution in [0.25, 0.3) is 0 Å². The summed E-state index contributed by atoms with van der Waals surface area (Å²) in [5.41, 5.74) is 1.08. The Morgan fingerprint density at radius 2 is 2.50 bits per heavy atom. The number of aldehydes is 1. The zero-order valence-electron chi connectivity index (χ0n) is 5.49. The van der Waals surface area contributed by atoms with E-state index in [4.69, 9.17) is 4.42 Å². The average Bonchev–Trinajstić information content (AvgIpc) is 2.41. The summed E-state index contributed by atoms with van der Waals surface area (Å²) in [6.07, 6.45) is 8.07. The summed E-state index contributed by atoms with van der Waals surface area (Å²) in [5, 5.41) is 0. The van der Waals surface area contributed by atoms with Gasteiger partial charge in [0, 0.05) is 0 Å². The molecule has 1 aromatic rings. The van der Waals surface area contributed by atoms with Crippen LogP contribution in [0.5, 0.6) is 0 Å². The second kappa shape index (κ2) is 3.67. The molecular weight excluding hydrogens is 128 g/mol. The maximum absolute atomic E-state index is 9.82. The van der Waals surface area contributed by atoms with Gasteiger partial charge in [-0.05, 0) is 24.1 Å². The number of furan rings is 1. The van der Waals surface area contributed by atoms with Crippen LogP contribution in [-0.2, 0) is 11.2 Å². The fraction of sp³-hybridized carbons (Fsp3) is 0.125. The molecule has 0 atom stereocenters. The van der Waals surface area contributed by atoms with Gasteiger partial charge < -0.3 is 4.42 Å². The zero-order valence-corrected chi connectivity index (χ0v) is 5.49. The highest BCUT2D eigenvalue weighted by Crippen LogP contribution is 2.00. The first-order valence-electron chi connectivity index (χ1n) is 3.05. The largest absolute Gasteiger partial charge is 0.472 e. The maximum Gasteiger partial charge on any atom is 0.142 e. The molecule has 0 amide bonds. The molecule has 0 bridgehead atoms. The van der Waals surface area contributed by atoms with Crippen LogP contribution in [0.1, 0.15) is 5.56 Å². The van der Waals surface area contributed by atoms with Gasteiger partial charge >= 0.3 is 0 Å². The van der Waals surface area contributed by atoms with E-state index in [0.29, 0.717) is 0 Å². The molecule has 52 valence electrons. The fourth-order valence-electron chi connectivity index (χ4n) is 0.668. The van der Waals surface area contributed by atoms with Crippen molar-refractivity contribution < 1.29 is 9.21 Å². The highest BCUT2D eigenvalue weighted by atomic mass is 16.3. The van der Waals surface area contributed by atoms with Crippen molar-refractivity contribution in [3.05, 3.63) is 36.3 Å². The number of allylic oxidation sites excluding steroid dienone is 2. The first kappa shape index (κ1) is 6.81. The Balaban J connectivity index is 2.41. The van der Waals surface area contributed by atoms with Crippen molar-refractivity contribution in [3.8, 4) is 0 Å². The monoisotopic (exact) mass is 136 g/mol. The van der Waals surface area contributed by atoms with Crippen LogP contribution in [0.3, 0.4) is 0 Å². The lowest BCUT2D eigenvalue weighted by molar-refractivity contribution is -0.104. The molecule has 0 spiro atoms. The summed E-state index contributed by atoms with van der Waals surface area (Å²) in [5.74, 6) is 0. The Labute approximate surface area is 59.2 Å². The molecule has 0 aliphatic heterocycles. The van der Waals surface area contributed by atoms with Crippen LogP contribution < -0.4 is 0 Å². The molecule has 0 N–H and O–H groups in total. The van der Waals surface area contributed by atoms with E-state index in [2.05, 4.69) is 0 Å². The highest BCUT2D eigenvalue weighted by Gasteiger charge is 1.87. The topological polar surface area (TPSA) is 30.2 Å². The van der Waals surface area contributed by atoms with E-state index >= 15 is 0 Å². The molecule has 0 unspecified atom stereocenters. The Bertz CT molecular complexity index is 209. The molecule has 10 heavy (non-hydrogen) atoms. The van der Waals surface area contributed by atoms with Gasteiger partial charge in [-0.3, -0.25) is 4.79 Å². The Hall–Kier alpha value is -1.31. The summed E-state index contributed by atoms with van der Waals surface area (Å²) in [6.45, 7) is 0. The average molecular weight is 136 g/mol. The lowest BCUT2D eigenvalue weighted by Crippen LogP contribution is -1.73. The van der Waals surface area contributed by atoms with Gasteiger partial charge in [-0.1, -0.05) is 6.08 Å². The van der Waals surface area contributed by atoms with Crippen LogP contribution in [-0.4, -0.2) is 6.29 Å². The standard InChI is InChI=1S/C8H8O2/c9-5-2-1-3-8-4-6-10-7-8/h1-2,4-7H,3H2/b2-1+. The summed E-state index contributed by atoms with van der Waals surface area (Å²) >= 11 is 0. The smallest absolute Gasteiger partial charge is 0.142 e. The second-order valence-corrected chi connectivity index (χ2v) is 1.90. The van der Waals surface area contributed by atoms with Crippen molar-refractivity contribution in [1.29, 1.82) is 0 Å². The lowest BCUT2D eigenvalue weighted by atomic mass is 10.2. The van der Waals surface area contributed by atoms with E-state index in [-0.39, 0.29) is 0 Å². The van der Waals surface area contributed by atoms with Gasteiger partial charge in [0.2, 0.25) is 0 Å². The number of carbonyl (C=O) groups is 1. The van der Waals surface area contributed by atoms with Gasteiger partial charge in [0.25, 0.3) is 0 Å². The lowest BCUT2D eigenvalue weighted by Gasteiger charge is -1.81. The predicted octanol–water partition coefficient (Wildman–Crippen LogP) is 1.58. The molecule has 1 rings (SSSR count). The van der Waals surface area contributed by atoms with Crippen molar-refractivity contribution in [3.63, 3.8) is 0 Å². The van der Waals surface area contributed by atoms with Crippen LogP contribution in [0.2, 0.25) is 0 Å². The van der Waals surface area contributed by atoms with E-state index in [0.717, 1.165) is 18.3 Å². The summed E-state index contributed by atoms with van der Waals surface area (Å²) in [7, 11) is 0. The molecular formula is C8H8O2. The normalized spacial score (nSPS) is 10.4. The number of hydrogen-bond donors (Lipinski definition) is 0. The minimum absolute atomic E-state index is 0.759. The van der Waals surface area contributed by atoms with Gasteiger partial charge in [0.1, 0.15) is 6.29 Å². The molecule has 1 heterocycles. The maximum atomic E-state index is 9.82. The zero-order chi connectivity index (χ0) is 7.23. The quantitative estimate of drug-likeness (QED) is 0.466. The van der Waals surface area contributed by atoms with E-state index in [9.17, 15) is 4.79 Å². The predicted molar refractivity (Wildman–Crippen MR) is 37.6 cm³/mol. The van der Waals surface area contributed by atoms with Crippen molar-refractivity contribution in [2.24, 2.45) is 0 Å². The van der Waals surface area contributed by atoms with E-state index < -0.39 is 0 Å². The molecule has 0 aliphatic carbocycles. The fourth-order valence-corrected chi connectivity index (χ4v) is 0.668. The van der Waals surface area contributed by atoms with Crippen LogP contribution >= 0.6 is 0 Å². The summed E-state index contributed by atoms with van der Waals surface area (Å²) < 4.78 is 4.82. The molecule has 0 saturated heterocycles. The Kier molecular flexibility index (Phi) is 2.49. The van der Waals surface area contributed by atoms with Gasteiger partial charge in [-0.15, -0.1) is 0 Å². The van der Waals surface area contributed by atoms with Crippen LogP contribution in [0, 0.1) is 0 Å². The Morgan fingerprint density at radius 1 is 1.60 bits per heavy atom. The van der Waals surface area contributed by atoms with Crippen LogP contribution in [0.4, 0.5) is 0 Å². The van der Waals surface area contributed by atoms with Gasteiger partial charge in [0.15, 0.2) is 0 Å². The molecule has 2 nitrogen and oxygen atoms in total. The van der Waals surface area contributed by atoms with E-state index in [1.807, 2.05) is 6.07 Å². The van der Waals surface area contributed by atoms with E-state index in [1.54, 1.807) is 18.6 Å². The number of hydrogen-bond acceptors (Lipinski definition) is 2. The molecule has 2 heteroatoms. The second-order valence-electron chi connectivity index (χ2n) is 1.90. The summed E-state index contributed by atoms with van der Waals surface area (Å²) in [4.78, 5) is 9.82. The third-order valence-corrected chi connectivity index (χ3v) is 1.15. The first-order chi connectivity index (χ1) is 4.93. The SMILES string of the molecule is O=C/C=C/Cc1ccoc1. The van der Waals surface area contributed by atoms with Gasteiger partial charge in [-0.2, -0.15) is 0 Å². The molecule has 0 saturated carbocycles. The molecule has 0 aliphatic rings. The van der Waals surface area contributed by atoms with Gasteiger partial charge in [-0.25, -0.2) is 0 Å². The Morgan fingerprint density at radius 3 is 3.10 bits per heavy atom. The number of carbonyl (C=O) groups excluding carboxylic acids is 1.